The molecule has 12 heteroatoms. The summed E-state index contributed by atoms with van der Waals surface area (Å²) in [5, 5.41) is 11.7. The van der Waals surface area contributed by atoms with Crippen molar-refractivity contribution in [1.82, 2.24) is 10.2 Å². The van der Waals surface area contributed by atoms with Crippen molar-refractivity contribution in [3.63, 3.8) is 0 Å². The molecule has 0 spiro atoms. The fourth-order valence-electron chi connectivity index (χ4n) is 2.88. The molecule has 2 atom stereocenters. The number of nitriles is 1. The standard InChI is InChI=1S/C17H14F6N4O2/c1-3-25-14(28)27-13(12(7-24)8(2)26-15(27)29)9-4-10(16(18,19)20)6-11(5-9)17(21,22)23/h4-6,12-13H,3H2,1-2H3,(H,25,28). The molecule has 1 N–H and O–H groups in total. The topological polar surface area (TPSA) is 85.6 Å². The molecule has 1 aliphatic rings. The van der Waals surface area contributed by atoms with Gasteiger partial charge >= 0.3 is 24.4 Å². The fourth-order valence-corrected chi connectivity index (χ4v) is 2.88. The lowest BCUT2D eigenvalue weighted by Gasteiger charge is -2.35. The number of rotatable bonds is 2. The number of alkyl halides is 6. The predicted molar refractivity (Wildman–Crippen MR) is 87.7 cm³/mol. The number of carbonyl (C=O) groups is 2. The maximum absolute atomic E-state index is 13.2. The summed E-state index contributed by atoms with van der Waals surface area (Å²) >= 11 is 0. The zero-order valence-electron chi connectivity index (χ0n) is 15.0. The molecule has 0 saturated heterocycles. The monoisotopic (exact) mass is 420 g/mol. The van der Waals surface area contributed by atoms with Crippen molar-refractivity contribution < 1.29 is 35.9 Å². The van der Waals surface area contributed by atoms with Crippen LogP contribution in [0, 0.1) is 17.2 Å². The first-order valence-electron chi connectivity index (χ1n) is 8.16. The van der Waals surface area contributed by atoms with E-state index in [0.717, 1.165) is 0 Å². The van der Waals surface area contributed by atoms with Crippen LogP contribution in [0.2, 0.25) is 0 Å². The number of aliphatic imine (C=N–C) groups is 1. The van der Waals surface area contributed by atoms with Crippen LogP contribution in [0.3, 0.4) is 0 Å². The van der Waals surface area contributed by atoms with Gasteiger partial charge in [-0.2, -0.15) is 31.6 Å². The molecule has 1 heterocycles. The van der Waals surface area contributed by atoms with E-state index in [1.54, 1.807) is 6.07 Å². The third-order valence-electron chi connectivity index (χ3n) is 4.16. The second-order valence-electron chi connectivity index (χ2n) is 6.13. The molecule has 0 radical (unpaired) electrons. The van der Waals surface area contributed by atoms with Gasteiger partial charge in [-0.05, 0) is 37.6 Å². The SMILES string of the molecule is CCNC(=O)N1C(=O)N=C(C)C(C#N)C1c1cc(C(F)(F)F)cc(C(F)(F)F)c1. The van der Waals surface area contributed by atoms with Gasteiger partial charge in [-0.25, -0.2) is 19.5 Å². The Kier molecular flexibility index (Phi) is 5.91. The summed E-state index contributed by atoms with van der Waals surface area (Å²) in [6.07, 6.45) is -10.3. The highest BCUT2D eigenvalue weighted by molar-refractivity contribution is 6.05. The quantitative estimate of drug-likeness (QED) is 0.714. The number of nitrogens with zero attached hydrogens (tertiary/aromatic N) is 3. The van der Waals surface area contributed by atoms with Crippen molar-refractivity contribution in [1.29, 1.82) is 5.26 Å². The van der Waals surface area contributed by atoms with E-state index in [0.29, 0.717) is 17.0 Å². The normalized spacial score (nSPS) is 20.2. The summed E-state index contributed by atoms with van der Waals surface area (Å²) in [7, 11) is 0. The molecule has 6 nitrogen and oxygen atoms in total. The van der Waals surface area contributed by atoms with E-state index < -0.39 is 53.1 Å². The van der Waals surface area contributed by atoms with Crippen molar-refractivity contribution in [3.8, 4) is 6.07 Å². The van der Waals surface area contributed by atoms with Gasteiger partial charge in [-0.3, -0.25) is 0 Å². The van der Waals surface area contributed by atoms with Crippen molar-refractivity contribution >= 4 is 17.8 Å². The van der Waals surface area contributed by atoms with Crippen LogP contribution >= 0.6 is 0 Å². The van der Waals surface area contributed by atoms with Crippen LogP contribution in [-0.4, -0.2) is 29.2 Å². The molecule has 156 valence electrons. The lowest BCUT2D eigenvalue weighted by molar-refractivity contribution is -0.143. The Morgan fingerprint density at radius 3 is 2.10 bits per heavy atom. The van der Waals surface area contributed by atoms with Gasteiger partial charge < -0.3 is 5.32 Å². The zero-order chi connectivity index (χ0) is 22.1. The number of hydrogen-bond donors (Lipinski definition) is 1. The lowest BCUT2D eigenvalue weighted by atomic mass is 9.86. The molecule has 0 aliphatic carbocycles. The Hall–Kier alpha value is -3.10. The number of imide groups is 1. The predicted octanol–water partition coefficient (Wildman–Crippen LogP) is 4.53. The number of urea groups is 2. The van der Waals surface area contributed by atoms with Crippen molar-refractivity contribution in [2.75, 3.05) is 6.54 Å². The molecule has 0 fully saturated rings. The van der Waals surface area contributed by atoms with Crippen LogP contribution in [-0.2, 0) is 12.4 Å². The molecule has 1 aromatic rings. The molecule has 29 heavy (non-hydrogen) atoms. The summed E-state index contributed by atoms with van der Waals surface area (Å²) in [5.41, 5.74) is -4.04. The number of nitrogens with one attached hydrogen (secondary N) is 1. The van der Waals surface area contributed by atoms with E-state index in [4.69, 9.17) is 0 Å². The van der Waals surface area contributed by atoms with Crippen molar-refractivity contribution in [2.45, 2.75) is 32.2 Å². The fraction of sp³-hybridized carbons (Fsp3) is 0.412. The number of carbonyl (C=O) groups excluding carboxylic acids is 2. The van der Waals surface area contributed by atoms with E-state index in [9.17, 15) is 41.2 Å². The minimum Gasteiger partial charge on any atom is -0.338 e. The van der Waals surface area contributed by atoms with Gasteiger partial charge in [0.05, 0.1) is 23.2 Å². The number of benzene rings is 1. The third-order valence-corrected chi connectivity index (χ3v) is 4.16. The Morgan fingerprint density at radius 2 is 1.69 bits per heavy atom. The Labute approximate surface area is 160 Å². The molecular formula is C17H14F6N4O2. The third kappa shape index (κ3) is 4.49. The average Bonchev–Trinajstić information content (AvgIpc) is 2.59. The molecule has 1 aromatic carbocycles. The average molecular weight is 420 g/mol. The summed E-state index contributed by atoms with van der Waals surface area (Å²) in [6, 6.07) is -1.61. The van der Waals surface area contributed by atoms with Gasteiger partial charge in [0.2, 0.25) is 0 Å². The second kappa shape index (κ2) is 7.73. The molecule has 0 aromatic heterocycles. The van der Waals surface area contributed by atoms with E-state index >= 15 is 0 Å². The molecule has 0 saturated carbocycles. The summed E-state index contributed by atoms with van der Waals surface area (Å²) in [5.74, 6) is -1.43. The molecule has 2 unspecified atom stereocenters. The summed E-state index contributed by atoms with van der Waals surface area (Å²) < 4.78 is 79.2. The van der Waals surface area contributed by atoms with Crippen LogP contribution in [0.15, 0.2) is 23.2 Å². The number of amides is 4. The van der Waals surface area contributed by atoms with Crippen LogP contribution < -0.4 is 5.32 Å². The molecule has 4 amide bonds. The Morgan fingerprint density at radius 1 is 1.17 bits per heavy atom. The van der Waals surface area contributed by atoms with Gasteiger partial charge in [0.25, 0.3) is 0 Å². The zero-order valence-corrected chi connectivity index (χ0v) is 15.0. The summed E-state index contributed by atoms with van der Waals surface area (Å²) in [4.78, 5) is 28.4. The van der Waals surface area contributed by atoms with Crippen LogP contribution in [0.25, 0.3) is 0 Å². The van der Waals surface area contributed by atoms with E-state index in [-0.39, 0.29) is 18.3 Å². The van der Waals surface area contributed by atoms with E-state index in [1.807, 2.05) is 0 Å². The molecular weight excluding hydrogens is 406 g/mol. The van der Waals surface area contributed by atoms with Gasteiger partial charge in [-0.1, -0.05) is 0 Å². The minimum atomic E-state index is -5.13. The maximum atomic E-state index is 13.2. The minimum absolute atomic E-state index is 0.0195. The first kappa shape index (κ1) is 22.2. The maximum Gasteiger partial charge on any atom is 0.416 e. The largest absolute Gasteiger partial charge is 0.416 e. The lowest BCUT2D eigenvalue weighted by Crippen LogP contribution is -2.50. The van der Waals surface area contributed by atoms with Crippen molar-refractivity contribution in [3.05, 3.63) is 34.9 Å². The van der Waals surface area contributed by atoms with Gasteiger partial charge in [0, 0.05) is 12.3 Å². The van der Waals surface area contributed by atoms with E-state index in [1.165, 1.54) is 13.8 Å². The van der Waals surface area contributed by atoms with Crippen LogP contribution in [0.1, 0.15) is 36.6 Å². The first-order valence-corrected chi connectivity index (χ1v) is 8.16. The highest BCUT2D eigenvalue weighted by Gasteiger charge is 2.44. The Balaban J connectivity index is 2.78. The molecule has 0 bridgehead atoms. The number of hydrogen-bond acceptors (Lipinski definition) is 3. The van der Waals surface area contributed by atoms with Gasteiger partial charge in [-0.15, -0.1) is 0 Å². The molecule has 2 rings (SSSR count). The van der Waals surface area contributed by atoms with Crippen LogP contribution in [0.4, 0.5) is 35.9 Å². The first-order chi connectivity index (χ1) is 13.3. The highest BCUT2D eigenvalue weighted by atomic mass is 19.4. The number of halogens is 6. The van der Waals surface area contributed by atoms with Crippen molar-refractivity contribution in [2.24, 2.45) is 10.9 Å². The van der Waals surface area contributed by atoms with E-state index in [2.05, 4.69) is 10.3 Å². The summed E-state index contributed by atoms with van der Waals surface area (Å²) in [6.45, 7) is 2.74. The van der Waals surface area contributed by atoms with Crippen LogP contribution in [0.5, 0.6) is 0 Å². The molecule has 1 aliphatic heterocycles. The Bertz CT molecular complexity index is 868. The highest BCUT2D eigenvalue weighted by Crippen LogP contribution is 2.41. The van der Waals surface area contributed by atoms with Gasteiger partial charge in [0.1, 0.15) is 5.92 Å². The second-order valence-corrected chi connectivity index (χ2v) is 6.13. The smallest absolute Gasteiger partial charge is 0.338 e. The van der Waals surface area contributed by atoms with Gasteiger partial charge in [0.15, 0.2) is 0 Å².